The summed E-state index contributed by atoms with van der Waals surface area (Å²) < 4.78 is 63.9. The maximum absolute atomic E-state index is 15.1. The van der Waals surface area contributed by atoms with Crippen molar-refractivity contribution < 1.29 is 36.6 Å². The molecule has 0 aliphatic carbocycles. The largest absolute Gasteiger partial charge is 0.483 e. The summed E-state index contributed by atoms with van der Waals surface area (Å²) in [4.78, 5) is 25.5. The molecule has 0 radical (unpaired) electrons. The summed E-state index contributed by atoms with van der Waals surface area (Å²) in [5, 5.41) is 7.65. The average molecular weight is 551 g/mol. The number of para-hydroxylation sites is 1. The topological polar surface area (TPSA) is 83.5 Å². The Hall–Kier alpha value is -3.09. The van der Waals surface area contributed by atoms with Gasteiger partial charge in [-0.05, 0) is 24.6 Å². The van der Waals surface area contributed by atoms with Crippen molar-refractivity contribution in [1.82, 2.24) is 4.90 Å². The highest BCUT2D eigenvalue weighted by molar-refractivity contribution is 6.40. The van der Waals surface area contributed by atoms with Crippen LogP contribution in [0, 0.1) is 5.82 Å². The van der Waals surface area contributed by atoms with Crippen LogP contribution in [-0.2, 0) is 9.53 Å². The Morgan fingerprint density at radius 3 is 2.64 bits per heavy atom. The second kappa shape index (κ2) is 11.8. The Bertz CT molecular complexity index is 1140. The maximum Gasteiger partial charge on any atom is 0.422 e. The van der Waals surface area contributed by atoms with Crippen LogP contribution in [0.1, 0.15) is 16.8 Å². The van der Waals surface area contributed by atoms with Crippen molar-refractivity contribution in [3.05, 3.63) is 51.8 Å². The number of ether oxygens (including phenoxy) is 2. The molecule has 8 nitrogen and oxygen atoms in total. The van der Waals surface area contributed by atoms with E-state index in [0.29, 0.717) is 32.0 Å². The van der Waals surface area contributed by atoms with Gasteiger partial charge in [0.2, 0.25) is 6.41 Å². The Morgan fingerprint density at radius 1 is 1.31 bits per heavy atom. The van der Waals surface area contributed by atoms with Gasteiger partial charge in [0.05, 0.1) is 27.0 Å². The van der Waals surface area contributed by atoms with Gasteiger partial charge in [-0.2, -0.15) is 18.3 Å². The molecule has 14 heteroatoms. The monoisotopic (exact) mass is 550 g/mol. The van der Waals surface area contributed by atoms with E-state index in [-0.39, 0.29) is 33.9 Å². The molecule has 1 fully saturated rings. The van der Waals surface area contributed by atoms with Crippen molar-refractivity contribution in [1.29, 1.82) is 0 Å². The first-order valence-corrected chi connectivity index (χ1v) is 11.1. The number of anilines is 2. The Kier molecular flexibility index (Phi) is 8.98. The lowest BCUT2D eigenvalue weighted by Crippen LogP contribution is -2.34. The molecular weight excluding hydrogens is 531 g/mol. The van der Waals surface area contributed by atoms with Gasteiger partial charge in [-0.25, -0.2) is 4.39 Å². The van der Waals surface area contributed by atoms with Crippen LogP contribution in [-0.4, -0.2) is 62.6 Å². The second-order valence-corrected chi connectivity index (χ2v) is 8.31. The number of benzene rings is 2. The lowest BCUT2D eigenvalue weighted by atomic mass is 10.1. The third-order valence-corrected chi connectivity index (χ3v) is 5.51. The molecule has 2 aromatic rings. The zero-order valence-electron chi connectivity index (χ0n) is 18.7. The van der Waals surface area contributed by atoms with Crippen molar-refractivity contribution in [2.24, 2.45) is 5.10 Å². The first-order valence-electron chi connectivity index (χ1n) is 10.4. The number of carbonyl (C=O) groups is 2. The van der Waals surface area contributed by atoms with Crippen molar-refractivity contribution in [3.63, 3.8) is 0 Å². The average Bonchev–Trinajstić information content (AvgIpc) is 3.04. The van der Waals surface area contributed by atoms with E-state index in [1.165, 1.54) is 30.1 Å². The van der Waals surface area contributed by atoms with Crippen LogP contribution in [0.25, 0.3) is 0 Å². The Labute approximate surface area is 213 Å². The van der Waals surface area contributed by atoms with Gasteiger partial charge in [0.1, 0.15) is 18.2 Å². The number of amides is 2. The molecule has 0 bridgehead atoms. The summed E-state index contributed by atoms with van der Waals surface area (Å²) in [5.74, 6) is -2.41. The minimum atomic E-state index is -4.73. The number of hydrazone groups is 1. The zero-order chi connectivity index (χ0) is 26.5. The van der Waals surface area contributed by atoms with Gasteiger partial charge in [-0.15, -0.1) is 0 Å². The Morgan fingerprint density at radius 2 is 2.00 bits per heavy atom. The van der Waals surface area contributed by atoms with E-state index in [1.54, 1.807) is 0 Å². The lowest BCUT2D eigenvalue weighted by molar-refractivity contribution is -0.153. The summed E-state index contributed by atoms with van der Waals surface area (Å²) >= 11 is 12.1. The number of nitrogens with one attached hydrogen (secondary N) is 1. The first kappa shape index (κ1) is 27.5. The van der Waals surface area contributed by atoms with Crippen molar-refractivity contribution >= 4 is 52.7 Å². The van der Waals surface area contributed by atoms with E-state index in [1.807, 2.05) is 0 Å². The first-order chi connectivity index (χ1) is 17.0. The number of amidine groups is 1. The molecule has 194 valence electrons. The third kappa shape index (κ3) is 6.99. The second-order valence-electron chi connectivity index (χ2n) is 7.50. The predicted molar refractivity (Wildman–Crippen MR) is 126 cm³/mol. The molecule has 0 aromatic heterocycles. The summed E-state index contributed by atoms with van der Waals surface area (Å²) in [5.41, 5.74) is -0.866. The number of hydrogen-bond donors (Lipinski definition) is 1. The third-order valence-electron chi connectivity index (χ3n) is 4.88. The van der Waals surface area contributed by atoms with Gasteiger partial charge in [-0.1, -0.05) is 29.3 Å². The van der Waals surface area contributed by atoms with Crippen LogP contribution in [0.4, 0.5) is 28.9 Å². The summed E-state index contributed by atoms with van der Waals surface area (Å²) in [7, 11) is 1.32. The maximum atomic E-state index is 15.1. The SMILES string of the molecule is CN(/N=C1/COCCCN1C=O)c1cc(OCC(F)(F)F)c(C(=O)Nc2c(Cl)cccc2Cl)cc1F. The van der Waals surface area contributed by atoms with Crippen LogP contribution < -0.4 is 15.1 Å². The molecule has 2 amide bonds. The Balaban J connectivity index is 1.99. The van der Waals surface area contributed by atoms with Crippen molar-refractivity contribution in [2.45, 2.75) is 12.6 Å². The van der Waals surface area contributed by atoms with Gasteiger partial charge < -0.3 is 14.8 Å². The normalized spacial score (nSPS) is 15.4. The molecule has 0 saturated carbocycles. The zero-order valence-corrected chi connectivity index (χ0v) is 20.3. The number of rotatable bonds is 7. The highest BCUT2D eigenvalue weighted by Crippen LogP contribution is 2.34. The summed E-state index contributed by atoms with van der Waals surface area (Å²) in [6.45, 7) is -1.07. The van der Waals surface area contributed by atoms with Crippen molar-refractivity contribution in [3.8, 4) is 5.75 Å². The fraction of sp³-hybridized carbons (Fsp3) is 0.318. The van der Waals surface area contributed by atoms with E-state index in [0.717, 1.165) is 11.1 Å². The van der Waals surface area contributed by atoms with Crippen molar-refractivity contribution in [2.75, 3.05) is 43.7 Å². The van der Waals surface area contributed by atoms with E-state index in [9.17, 15) is 22.8 Å². The van der Waals surface area contributed by atoms with Crippen LogP contribution >= 0.6 is 23.2 Å². The molecule has 0 unspecified atom stereocenters. The van der Waals surface area contributed by atoms with Crippen LogP contribution in [0.2, 0.25) is 10.0 Å². The highest BCUT2D eigenvalue weighted by Gasteiger charge is 2.30. The molecule has 3 rings (SSSR count). The molecule has 1 aliphatic heterocycles. The lowest BCUT2D eigenvalue weighted by Gasteiger charge is -2.22. The molecule has 0 atom stereocenters. The number of carbonyl (C=O) groups excluding carboxylic acids is 2. The van der Waals surface area contributed by atoms with E-state index < -0.39 is 35.8 Å². The fourth-order valence-electron chi connectivity index (χ4n) is 3.18. The highest BCUT2D eigenvalue weighted by atomic mass is 35.5. The molecule has 36 heavy (non-hydrogen) atoms. The standard InChI is InChI=1S/C22H20Cl2F4N4O4/c1-31(30-19-10-35-7-3-6-32(19)12-33)17-9-18(36-11-22(26,27)28)13(8-16(17)25)21(34)29-20-14(23)4-2-5-15(20)24/h2,4-5,8-9,12H,3,6-7,10-11H2,1H3,(H,29,34)/b30-19-. The fourth-order valence-corrected chi connectivity index (χ4v) is 3.68. The molecule has 0 spiro atoms. The molecule has 1 aliphatic rings. The quantitative estimate of drug-likeness (QED) is 0.299. The predicted octanol–water partition coefficient (Wildman–Crippen LogP) is 4.95. The smallest absolute Gasteiger partial charge is 0.422 e. The van der Waals surface area contributed by atoms with Crippen LogP contribution in [0.3, 0.4) is 0 Å². The van der Waals surface area contributed by atoms with Gasteiger partial charge >= 0.3 is 6.18 Å². The van der Waals surface area contributed by atoms with E-state index in [2.05, 4.69) is 10.4 Å². The number of hydrogen-bond acceptors (Lipinski definition) is 6. The van der Waals surface area contributed by atoms with Gasteiger partial charge in [-0.3, -0.25) is 19.5 Å². The van der Waals surface area contributed by atoms with Gasteiger partial charge in [0.25, 0.3) is 5.91 Å². The molecular formula is C22H20Cl2F4N4O4. The number of nitrogens with zero attached hydrogens (tertiary/aromatic N) is 3. The van der Waals surface area contributed by atoms with Crippen LogP contribution in [0.5, 0.6) is 5.75 Å². The number of alkyl halides is 3. The van der Waals surface area contributed by atoms with Gasteiger partial charge in [0, 0.05) is 26.3 Å². The molecule has 1 saturated heterocycles. The number of halogens is 6. The molecule has 1 N–H and O–H groups in total. The summed E-state index contributed by atoms with van der Waals surface area (Å²) in [6.07, 6.45) is -3.63. The van der Waals surface area contributed by atoms with E-state index >= 15 is 4.39 Å². The minimum Gasteiger partial charge on any atom is -0.483 e. The molecule has 2 aromatic carbocycles. The van der Waals surface area contributed by atoms with E-state index in [4.69, 9.17) is 32.7 Å². The van der Waals surface area contributed by atoms with Crippen LogP contribution in [0.15, 0.2) is 35.4 Å². The minimum absolute atomic E-state index is 0.0112. The summed E-state index contributed by atoms with van der Waals surface area (Å²) in [6, 6.07) is 5.99. The molecule has 1 heterocycles. The van der Waals surface area contributed by atoms with Gasteiger partial charge in [0.15, 0.2) is 12.4 Å².